The van der Waals surface area contributed by atoms with Crippen molar-refractivity contribution in [3.63, 3.8) is 0 Å². The summed E-state index contributed by atoms with van der Waals surface area (Å²) in [5.74, 6) is 1.83. The average Bonchev–Trinajstić information content (AvgIpc) is 2.78. The van der Waals surface area contributed by atoms with Crippen LogP contribution < -0.4 is 20.3 Å². The molecule has 1 aromatic heterocycles. The van der Waals surface area contributed by atoms with Gasteiger partial charge in [0.15, 0.2) is 0 Å². The Morgan fingerprint density at radius 3 is 2.63 bits per heavy atom. The van der Waals surface area contributed by atoms with Gasteiger partial charge in [-0.05, 0) is 49.2 Å². The molecule has 7 nitrogen and oxygen atoms in total. The minimum atomic E-state index is -0.176. The van der Waals surface area contributed by atoms with Crippen LogP contribution in [0.3, 0.4) is 0 Å². The largest absolute Gasteiger partial charge is 0.497 e. The van der Waals surface area contributed by atoms with Gasteiger partial charge < -0.3 is 25.2 Å². The number of benzene rings is 1. The van der Waals surface area contributed by atoms with Gasteiger partial charge in [-0.2, -0.15) is 0 Å². The highest BCUT2D eigenvalue weighted by molar-refractivity contribution is 5.74. The van der Waals surface area contributed by atoms with Crippen LogP contribution >= 0.6 is 0 Å². The molecule has 0 aliphatic carbocycles. The number of hydrogen-bond donors (Lipinski definition) is 2. The molecule has 1 aliphatic rings. The summed E-state index contributed by atoms with van der Waals surface area (Å²) in [6, 6.07) is 11.8. The van der Waals surface area contributed by atoms with Crippen molar-refractivity contribution in [2.45, 2.75) is 32.9 Å². The summed E-state index contributed by atoms with van der Waals surface area (Å²) in [5.41, 5.74) is 2.11. The molecule has 1 fully saturated rings. The van der Waals surface area contributed by atoms with E-state index in [1.807, 2.05) is 49.5 Å². The fraction of sp³-hybridized carbons (Fsp3) is 0.478. The maximum atomic E-state index is 12.2. The van der Waals surface area contributed by atoms with Crippen molar-refractivity contribution in [1.82, 2.24) is 20.5 Å². The number of ether oxygens (including phenoxy) is 1. The number of carbonyl (C=O) groups is 1. The second kappa shape index (κ2) is 10.8. The maximum Gasteiger partial charge on any atom is 0.315 e. The number of nitrogens with one attached hydrogen (secondary N) is 2. The molecule has 2 aromatic rings. The molecular formula is C23H33N5O2. The summed E-state index contributed by atoms with van der Waals surface area (Å²) < 4.78 is 5.25. The Labute approximate surface area is 179 Å². The normalized spacial score (nSPS) is 15.5. The van der Waals surface area contributed by atoms with Crippen LogP contribution in [0.15, 0.2) is 42.6 Å². The Morgan fingerprint density at radius 2 is 1.97 bits per heavy atom. The number of rotatable bonds is 8. The number of nitrogens with zero attached hydrogens (tertiary/aromatic N) is 3. The lowest BCUT2D eigenvalue weighted by Crippen LogP contribution is -2.46. The summed E-state index contributed by atoms with van der Waals surface area (Å²) >= 11 is 0. The Balaban J connectivity index is 1.42. The number of aromatic nitrogens is 1. The Hall–Kier alpha value is -2.80. The summed E-state index contributed by atoms with van der Waals surface area (Å²) in [6.07, 6.45) is 2.59. The van der Waals surface area contributed by atoms with Crippen LogP contribution in [-0.2, 0) is 13.0 Å². The monoisotopic (exact) mass is 411 g/mol. The van der Waals surface area contributed by atoms with Crippen molar-refractivity contribution in [2.75, 3.05) is 44.7 Å². The molecule has 162 valence electrons. The molecule has 0 bridgehead atoms. The number of urea groups is 1. The van der Waals surface area contributed by atoms with Crippen LogP contribution in [0.25, 0.3) is 0 Å². The lowest BCUT2D eigenvalue weighted by atomic mass is 10.1. The Bertz CT molecular complexity index is 803. The number of hydrogen-bond acceptors (Lipinski definition) is 5. The molecule has 1 atom stereocenters. The van der Waals surface area contributed by atoms with E-state index in [4.69, 9.17) is 4.74 Å². The predicted molar refractivity (Wildman–Crippen MR) is 120 cm³/mol. The topological polar surface area (TPSA) is 69.7 Å². The van der Waals surface area contributed by atoms with Gasteiger partial charge >= 0.3 is 6.03 Å². The number of anilines is 1. The second-order valence-electron chi connectivity index (χ2n) is 7.73. The number of methoxy groups -OCH3 is 1. The number of likely N-dealkylation sites (N-methyl/N-ethyl adjacent to an activating group) is 1. The number of piperazine rings is 1. The Morgan fingerprint density at radius 1 is 1.17 bits per heavy atom. The zero-order valence-corrected chi connectivity index (χ0v) is 18.2. The molecular weight excluding hydrogens is 378 g/mol. The number of amides is 2. The van der Waals surface area contributed by atoms with Crippen LogP contribution in [0.5, 0.6) is 5.75 Å². The van der Waals surface area contributed by atoms with Gasteiger partial charge in [-0.1, -0.05) is 25.1 Å². The van der Waals surface area contributed by atoms with E-state index >= 15 is 0 Å². The molecule has 0 spiro atoms. The molecule has 0 radical (unpaired) electrons. The van der Waals surface area contributed by atoms with Gasteiger partial charge in [0, 0.05) is 45.0 Å². The molecule has 30 heavy (non-hydrogen) atoms. The van der Waals surface area contributed by atoms with E-state index in [1.54, 1.807) is 7.11 Å². The van der Waals surface area contributed by atoms with Gasteiger partial charge in [0.2, 0.25) is 0 Å². The zero-order chi connectivity index (χ0) is 21.3. The second-order valence-corrected chi connectivity index (χ2v) is 7.73. The van der Waals surface area contributed by atoms with Gasteiger partial charge in [0.1, 0.15) is 11.6 Å². The van der Waals surface area contributed by atoms with Gasteiger partial charge in [0.05, 0.1) is 7.11 Å². The van der Waals surface area contributed by atoms with Gasteiger partial charge in [-0.25, -0.2) is 9.78 Å². The first kappa shape index (κ1) is 21.9. The minimum Gasteiger partial charge on any atom is -0.497 e. The average molecular weight is 412 g/mol. The standard InChI is InChI=1S/C23H33N5O2/c1-4-27-10-12-28(13-11-27)22-9-8-20(16-24-22)17-25-23(29)26-18(2)14-19-6-5-7-21(15-19)30-3/h5-9,15-16,18H,4,10-14,17H2,1-3H3,(H2,25,26,29). The van der Waals surface area contributed by atoms with E-state index < -0.39 is 0 Å². The number of carbonyl (C=O) groups excluding carboxylic acids is 1. The van der Waals surface area contributed by atoms with Gasteiger partial charge in [0.25, 0.3) is 0 Å². The summed E-state index contributed by atoms with van der Waals surface area (Å²) in [5, 5.41) is 5.90. The highest BCUT2D eigenvalue weighted by Gasteiger charge is 2.16. The molecule has 2 amide bonds. The maximum absolute atomic E-state index is 12.2. The van der Waals surface area contributed by atoms with Crippen LogP contribution in [0.1, 0.15) is 25.0 Å². The fourth-order valence-electron chi connectivity index (χ4n) is 3.66. The third-order valence-electron chi connectivity index (χ3n) is 5.46. The van der Waals surface area contributed by atoms with Crippen LogP contribution in [0.4, 0.5) is 10.6 Å². The van der Waals surface area contributed by atoms with E-state index in [0.717, 1.165) is 61.8 Å². The minimum absolute atomic E-state index is 0.0133. The van der Waals surface area contributed by atoms with E-state index in [-0.39, 0.29) is 12.1 Å². The molecule has 1 saturated heterocycles. The highest BCUT2D eigenvalue weighted by Crippen LogP contribution is 2.15. The van der Waals surface area contributed by atoms with Crippen LogP contribution in [0, 0.1) is 0 Å². The van der Waals surface area contributed by atoms with Crippen molar-refractivity contribution in [3.8, 4) is 5.75 Å². The van der Waals surface area contributed by atoms with Crippen LogP contribution in [0.2, 0.25) is 0 Å². The van der Waals surface area contributed by atoms with E-state index in [1.165, 1.54) is 0 Å². The third kappa shape index (κ3) is 6.35. The lowest BCUT2D eigenvalue weighted by Gasteiger charge is -2.34. The first-order valence-electron chi connectivity index (χ1n) is 10.7. The summed E-state index contributed by atoms with van der Waals surface area (Å²) in [7, 11) is 1.65. The highest BCUT2D eigenvalue weighted by atomic mass is 16.5. The third-order valence-corrected chi connectivity index (χ3v) is 5.46. The van der Waals surface area contributed by atoms with E-state index in [0.29, 0.717) is 6.54 Å². The van der Waals surface area contributed by atoms with Gasteiger partial charge in [-0.15, -0.1) is 0 Å². The molecule has 1 unspecified atom stereocenters. The smallest absolute Gasteiger partial charge is 0.315 e. The molecule has 2 N–H and O–H groups in total. The lowest BCUT2D eigenvalue weighted by molar-refractivity contribution is 0.237. The molecule has 7 heteroatoms. The molecule has 2 heterocycles. The molecule has 3 rings (SSSR count). The zero-order valence-electron chi connectivity index (χ0n) is 18.2. The SMILES string of the molecule is CCN1CCN(c2ccc(CNC(=O)NC(C)Cc3cccc(OC)c3)cn2)CC1. The van der Waals surface area contributed by atoms with Crippen molar-refractivity contribution in [3.05, 3.63) is 53.7 Å². The molecule has 1 aliphatic heterocycles. The molecule has 0 saturated carbocycles. The number of pyridine rings is 1. The van der Waals surface area contributed by atoms with Crippen LogP contribution in [-0.4, -0.2) is 61.8 Å². The van der Waals surface area contributed by atoms with Gasteiger partial charge in [-0.3, -0.25) is 0 Å². The van der Waals surface area contributed by atoms with E-state index in [9.17, 15) is 4.79 Å². The fourth-order valence-corrected chi connectivity index (χ4v) is 3.66. The quantitative estimate of drug-likeness (QED) is 0.699. The van der Waals surface area contributed by atoms with Crippen molar-refractivity contribution in [2.24, 2.45) is 0 Å². The first-order valence-corrected chi connectivity index (χ1v) is 10.7. The summed E-state index contributed by atoms with van der Waals surface area (Å²) in [4.78, 5) is 21.6. The van der Waals surface area contributed by atoms with Crippen molar-refractivity contribution < 1.29 is 9.53 Å². The first-order chi connectivity index (χ1) is 14.6. The van der Waals surface area contributed by atoms with E-state index in [2.05, 4.69) is 32.3 Å². The van der Waals surface area contributed by atoms with Crippen molar-refractivity contribution in [1.29, 1.82) is 0 Å². The summed E-state index contributed by atoms with van der Waals surface area (Å²) in [6.45, 7) is 9.92. The van der Waals surface area contributed by atoms with Crippen molar-refractivity contribution >= 4 is 11.8 Å². The molecule has 1 aromatic carbocycles. The predicted octanol–water partition coefficient (Wildman–Crippen LogP) is 2.66. The Kier molecular flexibility index (Phi) is 7.90.